The number of nitrogens with one attached hydrogen (secondary N) is 2. The summed E-state index contributed by atoms with van der Waals surface area (Å²) in [4.78, 5) is 32.4. The molecule has 1 aliphatic heterocycles. The summed E-state index contributed by atoms with van der Waals surface area (Å²) in [5, 5.41) is 28.0. The van der Waals surface area contributed by atoms with Crippen LogP contribution < -0.4 is 11.0 Å². The highest BCUT2D eigenvalue weighted by atomic mass is 16.4. The molecule has 0 aliphatic carbocycles. The largest absolute Gasteiger partial charge is 0.481 e. The first-order valence-electron chi connectivity index (χ1n) is 6.78. The number of aliphatic carboxylic acids is 3. The highest BCUT2D eigenvalue weighted by molar-refractivity contribution is 5.69. The summed E-state index contributed by atoms with van der Waals surface area (Å²) in [6.07, 6.45) is 1.51. The number of nitrogens with zero attached hydrogens (tertiary/aromatic N) is 1. The predicted molar refractivity (Wildman–Crippen MR) is 71.1 cm³/mol. The van der Waals surface area contributed by atoms with Gasteiger partial charge in [-0.25, -0.2) is 10.4 Å². The van der Waals surface area contributed by atoms with E-state index in [2.05, 4.69) is 11.0 Å². The molecule has 1 aliphatic rings. The molecule has 0 amide bonds. The maximum atomic E-state index is 10.8. The van der Waals surface area contributed by atoms with Crippen molar-refractivity contribution in [3.8, 4) is 0 Å². The van der Waals surface area contributed by atoms with Gasteiger partial charge in [0.1, 0.15) is 6.54 Å². The maximum absolute atomic E-state index is 10.8. The van der Waals surface area contributed by atoms with E-state index in [9.17, 15) is 14.4 Å². The minimum absolute atomic E-state index is 0.000697. The molecule has 9 heteroatoms. The average Bonchev–Trinajstić information content (AvgIpc) is 2.42. The number of rotatable bonds is 6. The third kappa shape index (κ3) is 7.59. The van der Waals surface area contributed by atoms with Crippen molar-refractivity contribution in [3.63, 3.8) is 0 Å². The Morgan fingerprint density at radius 3 is 2.19 bits per heavy atom. The number of carboxylic acids is 3. The second kappa shape index (κ2) is 8.55. The first-order chi connectivity index (χ1) is 9.86. The van der Waals surface area contributed by atoms with Gasteiger partial charge in [0.25, 0.3) is 0 Å². The van der Waals surface area contributed by atoms with Gasteiger partial charge in [-0.1, -0.05) is 0 Å². The molecule has 0 aromatic rings. The van der Waals surface area contributed by atoms with E-state index in [-0.39, 0.29) is 31.3 Å². The number of hydrogen-bond acceptors (Lipinski definition) is 6. The Hall–Kier alpha value is -1.71. The summed E-state index contributed by atoms with van der Waals surface area (Å²) in [6, 6.07) is -0.381. The van der Waals surface area contributed by atoms with Gasteiger partial charge >= 0.3 is 17.9 Å². The standard InChI is InChI=1S/C12H21N3O6/c16-10(17)5-8-1-2-9(6-11(18)19)13-14-15(4-3-8)7-12(20)21/h8-9,13-14H,1-7H2,(H,16,17)(H,18,19)(H,20,21). The van der Waals surface area contributed by atoms with Gasteiger partial charge in [0, 0.05) is 19.0 Å². The van der Waals surface area contributed by atoms with Gasteiger partial charge in [-0.15, -0.1) is 0 Å². The summed E-state index contributed by atoms with van der Waals surface area (Å²) in [5.74, 6) is -2.99. The zero-order valence-electron chi connectivity index (χ0n) is 11.6. The van der Waals surface area contributed by atoms with Crippen LogP contribution in [0, 0.1) is 5.92 Å². The summed E-state index contributed by atoms with van der Waals surface area (Å²) >= 11 is 0. The first-order valence-corrected chi connectivity index (χ1v) is 6.78. The Kier molecular flexibility index (Phi) is 7.06. The molecule has 9 nitrogen and oxygen atoms in total. The van der Waals surface area contributed by atoms with Crippen LogP contribution in [0.2, 0.25) is 0 Å². The van der Waals surface area contributed by atoms with Crippen molar-refractivity contribution >= 4 is 17.9 Å². The van der Waals surface area contributed by atoms with Crippen LogP contribution in [0.1, 0.15) is 32.1 Å². The molecular weight excluding hydrogens is 282 g/mol. The van der Waals surface area contributed by atoms with Crippen molar-refractivity contribution in [2.45, 2.75) is 38.1 Å². The van der Waals surface area contributed by atoms with Crippen LogP contribution in [0.25, 0.3) is 0 Å². The molecule has 1 fully saturated rings. The zero-order chi connectivity index (χ0) is 15.8. The van der Waals surface area contributed by atoms with E-state index in [0.29, 0.717) is 25.8 Å². The number of hydrazine groups is 2. The van der Waals surface area contributed by atoms with E-state index in [1.54, 1.807) is 0 Å². The molecule has 1 heterocycles. The molecule has 2 atom stereocenters. The van der Waals surface area contributed by atoms with Gasteiger partial charge in [-0.05, 0) is 25.2 Å². The van der Waals surface area contributed by atoms with Crippen LogP contribution in [0.15, 0.2) is 0 Å². The molecule has 0 saturated carbocycles. The lowest BCUT2D eigenvalue weighted by Gasteiger charge is -2.23. The van der Waals surface area contributed by atoms with Gasteiger partial charge in [0.05, 0.1) is 6.42 Å². The zero-order valence-corrected chi connectivity index (χ0v) is 11.6. The topological polar surface area (TPSA) is 139 Å². The van der Waals surface area contributed by atoms with Crippen LogP contribution in [0.5, 0.6) is 0 Å². The van der Waals surface area contributed by atoms with Gasteiger partial charge < -0.3 is 15.3 Å². The first kappa shape index (κ1) is 17.3. The Bertz CT molecular complexity index is 320. The molecule has 120 valence electrons. The van der Waals surface area contributed by atoms with E-state index in [1.807, 2.05) is 0 Å². The molecule has 1 saturated heterocycles. The van der Waals surface area contributed by atoms with Crippen LogP contribution in [-0.4, -0.2) is 57.4 Å². The third-order valence-electron chi connectivity index (χ3n) is 3.37. The van der Waals surface area contributed by atoms with Crippen molar-refractivity contribution < 1.29 is 29.7 Å². The number of hydrogen-bond donors (Lipinski definition) is 5. The molecule has 0 aromatic heterocycles. The van der Waals surface area contributed by atoms with E-state index in [0.717, 1.165) is 0 Å². The van der Waals surface area contributed by atoms with E-state index in [4.69, 9.17) is 15.3 Å². The molecule has 21 heavy (non-hydrogen) atoms. The van der Waals surface area contributed by atoms with Crippen LogP contribution in [0.3, 0.4) is 0 Å². The predicted octanol–water partition coefficient (Wildman–Crippen LogP) is -0.500. The van der Waals surface area contributed by atoms with Gasteiger partial charge in [0.15, 0.2) is 0 Å². The van der Waals surface area contributed by atoms with Crippen molar-refractivity contribution in [1.29, 1.82) is 0 Å². The Labute approximate surface area is 121 Å². The van der Waals surface area contributed by atoms with E-state index < -0.39 is 17.9 Å². The highest BCUT2D eigenvalue weighted by Crippen LogP contribution is 2.19. The SMILES string of the molecule is O=C(O)CC1CCC(CC(=O)O)NNN(CC(=O)O)CC1. The van der Waals surface area contributed by atoms with Gasteiger partial charge in [0.2, 0.25) is 0 Å². The average molecular weight is 303 g/mol. The lowest BCUT2D eigenvalue weighted by molar-refractivity contribution is -0.141. The van der Waals surface area contributed by atoms with Crippen LogP contribution in [0.4, 0.5) is 0 Å². The molecule has 1 rings (SSSR count). The maximum Gasteiger partial charge on any atom is 0.319 e. The van der Waals surface area contributed by atoms with Crippen molar-refractivity contribution in [2.75, 3.05) is 13.1 Å². The molecule has 0 radical (unpaired) electrons. The molecular formula is C12H21N3O6. The van der Waals surface area contributed by atoms with Crippen LogP contribution in [-0.2, 0) is 14.4 Å². The van der Waals surface area contributed by atoms with Crippen molar-refractivity contribution in [1.82, 2.24) is 16.0 Å². The molecule has 0 aromatic carbocycles. The van der Waals surface area contributed by atoms with Gasteiger partial charge in [-0.3, -0.25) is 14.4 Å². The number of carbonyl (C=O) groups is 3. The number of carboxylic acid groups (broad SMARTS) is 3. The Morgan fingerprint density at radius 2 is 1.62 bits per heavy atom. The molecule has 0 spiro atoms. The second-order valence-corrected chi connectivity index (χ2v) is 5.20. The van der Waals surface area contributed by atoms with Crippen molar-refractivity contribution in [2.24, 2.45) is 5.92 Å². The molecule has 2 unspecified atom stereocenters. The Balaban J connectivity index is 2.68. The fraction of sp³-hybridized carbons (Fsp3) is 0.750. The quantitative estimate of drug-likeness (QED) is 0.439. The highest BCUT2D eigenvalue weighted by Gasteiger charge is 2.22. The van der Waals surface area contributed by atoms with E-state index >= 15 is 0 Å². The lowest BCUT2D eigenvalue weighted by atomic mass is 9.93. The fourth-order valence-corrected chi connectivity index (χ4v) is 2.33. The van der Waals surface area contributed by atoms with Gasteiger partial charge in [-0.2, -0.15) is 5.53 Å². The Morgan fingerprint density at radius 1 is 0.952 bits per heavy atom. The summed E-state index contributed by atoms with van der Waals surface area (Å²) in [7, 11) is 0. The molecule has 0 bridgehead atoms. The molecule has 5 N–H and O–H groups in total. The minimum atomic E-state index is -1.02. The van der Waals surface area contributed by atoms with Crippen molar-refractivity contribution in [3.05, 3.63) is 0 Å². The van der Waals surface area contributed by atoms with Crippen LogP contribution >= 0.6 is 0 Å². The lowest BCUT2D eigenvalue weighted by Crippen LogP contribution is -2.53. The normalized spacial score (nSPS) is 24.6. The third-order valence-corrected chi connectivity index (χ3v) is 3.37. The fourth-order valence-electron chi connectivity index (χ4n) is 2.33. The summed E-state index contributed by atoms with van der Waals surface area (Å²) < 4.78 is 0. The second-order valence-electron chi connectivity index (χ2n) is 5.20. The summed E-state index contributed by atoms with van der Waals surface area (Å²) in [6.45, 7) is 0.115. The monoisotopic (exact) mass is 303 g/mol. The smallest absolute Gasteiger partial charge is 0.319 e. The minimum Gasteiger partial charge on any atom is -0.481 e. The van der Waals surface area contributed by atoms with E-state index in [1.165, 1.54) is 5.01 Å². The summed E-state index contributed by atoms with van der Waals surface area (Å²) in [5.41, 5.74) is 5.52.